The van der Waals surface area contributed by atoms with E-state index in [9.17, 15) is 26.3 Å². The molecule has 4 nitrogen and oxygen atoms in total. The first kappa shape index (κ1) is 20.1. The number of nitrogens with zero attached hydrogens (tertiary/aromatic N) is 4. The van der Waals surface area contributed by atoms with Crippen molar-refractivity contribution < 1.29 is 26.3 Å². The van der Waals surface area contributed by atoms with E-state index in [1.807, 2.05) is 0 Å². The Balaban J connectivity index is 2.12. The fraction of sp³-hybridized carbons (Fsp3) is 0.176. The van der Waals surface area contributed by atoms with E-state index in [2.05, 4.69) is 19.9 Å². The van der Waals surface area contributed by atoms with Crippen molar-refractivity contribution in [3.63, 3.8) is 0 Å². The maximum atomic E-state index is 13.3. The number of aromatic nitrogens is 4. The molecular formula is C17H10F6N4S. The van der Waals surface area contributed by atoms with E-state index in [4.69, 9.17) is 0 Å². The molecule has 2 aromatic heterocycles. The Morgan fingerprint density at radius 2 is 1.57 bits per heavy atom. The van der Waals surface area contributed by atoms with Gasteiger partial charge in [0.25, 0.3) is 0 Å². The minimum atomic E-state index is -4.72. The van der Waals surface area contributed by atoms with Crippen molar-refractivity contribution in [1.82, 2.24) is 19.9 Å². The van der Waals surface area contributed by atoms with E-state index >= 15 is 0 Å². The van der Waals surface area contributed by atoms with E-state index in [0.717, 1.165) is 48.6 Å². The summed E-state index contributed by atoms with van der Waals surface area (Å²) >= 11 is 1.15. The van der Waals surface area contributed by atoms with Crippen molar-refractivity contribution in [1.29, 1.82) is 0 Å². The summed E-state index contributed by atoms with van der Waals surface area (Å²) in [5.41, 5.74) is -2.21. The largest absolute Gasteiger partial charge is 0.434 e. The lowest BCUT2D eigenvalue weighted by atomic mass is 10.1. The highest BCUT2D eigenvalue weighted by Gasteiger charge is 2.36. The van der Waals surface area contributed by atoms with Gasteiger partial charge >= 0.3 is 12.4 Å². The van der Waals surface area contributed by atoms with Gasteiger partial charge in [-0.3, -0.25) is 0 Å². The normalized spacial score (nSPS) is 12.2. The third-order valence-corrected chi connectivity index (χ3v) is 4.27. The van der Waals surface area contributed by atoms with Gasteiger partial charge in [-0.2, -0.15) is 26.3 Å². The number of thioether (sulfide) groups is 1. The molecule has 0 radical (unpaired) electrons. The van der Waals surface area contributed by atoms with Gasteiger partial charge in [-0.15, -0.1) is 11.8 Å². The van der Waals surface area contributed by atoms with Crippen molar-refractivity contribution in [3.05, 3.63) is 54.1 Å². The summed E-state index contributed by atoms with van der Waals surface area (Å²) in [6, 6.07) is 5.39. The molecule has 0 spiro atoms. The van der Waals surface area contributed by atoms with E-state index < -0.39 is 23.6 Å². The summed E-state index contributed by atoms with van der Waals surface area (Å²) in [4.78, 5) is 15.2. The second-order valence-electron chi connectivity index (χ2n) is 5.48. The second-order valence-corrected chi connectivity index (χ2v) is 6.30. The van der Waals surface area contributed by atoms with Crippen LogP contribution >= 0.6 is 11.8 Å². The van der Waals surface area contributed by atoms with Crippen LogP contribution in [0.2, 0.25) is 0 Å². The minimum absolute atomic E-state index is 0.00690. The van der Waals surface area contributed by atoms with Crippen LogP contribution in [0.25, 0.3) is 22.6 Å². The summed E-state index contributed by atoms with van der Waals surface area (Å²) in [7, 11) is 0. The first-order valence-electron chi connectivity index (χ1n) is 7.58. The highest BCUT2D eigenvalue weighted by atomic mass is 32.2. The van der Waals surface area contributed by atoms with Gasteiger partial charge in [-0.1, -0.05) is 12.1 Å². The summed E-state index contributed by atoms with van der Waals surface area (Å²) in [6.45, 7) is 0. The molecule has 0 amide bonds. The van der Waals surface area contributed by atoms with E-state index in [1.165, 1.54) is 6.07 Å². The molecule has 0 aliphatic carbocycles. The molecule has 0 bridgehead atoms. The van der Waals surface area contributed by atoms with Crippen LogP contribution in [0.5, 0.6) is 0 Å². The molecule has 1 aromatic carbocycles. The lowest BCUT2D eigenvalue weighted by Gasteiger charge is -2.12. The smallest absolute Gasteiger partial charge is 0.244 e. The first-order valence-corrected chi connectivity index (χ1v) is 8.80. The Morgan fingerprint density at radius 3 is 2.14 bits per heavy atom. The molecule has 0 atom stereocenters. The number of alkyl halides is 6. The molecule has 0 saturated carbocycles. The summed E-state index contributed by atoms with van der Waals surface area (Å²) < 4.78 is 77.9. The molecule has 0 N–H and O–H groups in total. The van der Waals surface area contributed by atoms with Crippen LogP contribution in [-0.4, -0.2) is 26.2 Å². The van der Waals surface area contributed by atoms with Crippen molar-refractivity contribution in [2.75, 3.05) is 6.26 Å². The van der Waals surface area contributed by atoms with E-state index in [0.29, 0.717) is 5.03 Å². The number of hydrogen-bond donors (Lipinski definition) is 0. The van der Waals surface area contributed by atoms with E-state index in [1.54, 1.807) is 6.26 Å². The summed E-state index contributed by atoms with van der Waals surface area (Å²) in [5.74, 6) is -0.00690. The van der Waals surface area contributed by atoms with Crippen molar-refractivity contribution in [2.45, 2.75) is 17.4 Å². The fourth-order valence-corrected chi connectivity index (χ4v) is 2.76. The van der Waals surface area contributed by atoms with Crippen LogP contribution in [-0.2, 0) is 12.4 Å². The van der Waals surface area contributed by atoms with Crippen LogP contribution in [0.4, 0.5) is 26.3 Å². The summed E-state index contributed by atoms with van der Waals surface area (Å²) in [6.07, 6.45) is -5.81. The monoisotopic (exact) mass is 416 g/mol. The van der Waals surface area contributed by atoms with Crippen molar-refractivity contribution >= 4 is 11.8 Å². The summed E-state index contributed by atoms with van der Waals surface area (Å²) in [5, 5.41) is 0.344. The van der Waals surface area contributed by atoms with Crippen LogP contribution in [0.15, 0.2) is 47.9 Å². The Kier molecular flexibility index (Phi) is 5.28. The fourth-order valence-electron chi connectivity index (χ4n) is 2.35. The van der Waals surface area contributed by atoms with Gasteiger partial charge in [0, 0.05) is 17.3 Å². The molecule has 0 saturated heterocycles. The molecule has 0 unspecified atom stereocenters. The Bertz CT molecular complexity index is 986. The minimum Gasteiger partial charge on any atom is -0.244 e. The van der Waals surface area contributed by atoms with Crippen LogP contribution in [0, 0.1) is 0 Å². The van der Waals surface area contributed by atoms with Gasteiger partial charge in [0.15, 0.2) is 11.5 Å². The molecule has 2 heterocycles. The molecule has 28 heavy (non-hydrogen) atoms. The lowest BCUT2D eigenvalue weighted by molar-refractivity contribution is -0.140. The molecule has 0 aliphatic heterocycles. The molecular weight excluding hydrogens is 406 g/mol. The number of rotatable bonds is 3. The second kappa shape index (κ2) is 7.38. The van der Waals surface area contributed by atoms with Crippen LogP contribution in [0.1, 0.15) is 11.3 Å². The molecule has 0 fully saturated rings. The average molecular weight is 416 g/mol. The number of benzene rings is 1. The zero-order valence-corrected chi connectivity index (χ0v) is 14.8. The molecule has 0 aliphatic rings. The van der Waals surface area contributed by atoms with Gasteiger partial charge in [0.1, 0.15) is 11.4 Å². The van der Waals surface area contributed by atoms with Crippen molar-refractivity contribution in [3.8, 4) is 22.6 Å². The van der Waals surface area contributed by atoms with E-state index in [-0.39, 0.29) is 22.6 Å². The SMILES string of the molecule is CSc1cc(-c2cncnc2C(F)(F)F)nc(-c2ccc(C(F)(F)F)cc2)n1. The highest BCUT2D eigenvalue weighted by molar-refractivity contribution is 7.98. The van der Waals surface area contributed by atoms with Crippen molar-refractivity contribution in [2.24, 2.45) is 0 Å². The third-order valence-electron chi connectivity index (χ3n) is 3.64. The Labute approximate surface area is 159 Å². The van der Waals surface area contributed by atoms with Gasteiger partial charge in [-0.25, -0.2) is 19.9 Å². The van der Waals surface area contributed by atoms with Crippen LogP contribution in [0.3, 0.4) is 0 Å². The Hall–Kier alpha value is -2.69. The quantitative estimate of drug-likeness (QED) is 0.327. The number of hydrogen-bond acceptors (Lipinski definition) is 5. The van der Waals surface area contributed by atoms with Crippen LogP contribution < -0.4 is 0 Å². The maximum Gasteiger partial charge on any atom is 0.434 e. The molecule has 3 aromatic rings. The maximum absolute atomic E-state index is 13.3. The molecule has 146 valence electrons. The van der Waals surface area contributed by atoms with Gasteiger partial charge in [-0.05, 0) is 24.5 Å². The Morgan fingerprint density at radius 1 is 0.893 bits per heavy atom. The van der Waals surface area contributed by atoms with Gasteiger partial charge < -0.3 is 0 Å². The molecule has 3 rings (SSSR count). The highest BCUT2D eigenvalue weighted by Crippen LogP contribution is 2.36. The first-order chi connectivity index (χ1) is 13.1. The molecule has 11 heteroatoms. The average Bonchev–Trinajstić information content (AvgIpc) is 2.66. The van der Waals surface area contributed by atoms with Gasteiger partial charge in [0.05, 0.1) is 11.3 Å². The predicted molar refractivity (Wildman–Crippen MR) is 90.3 cm³/mol. The lowest BCUT2D eigenvalue weighted by Crippen LogP contribution is -2.11. The number of halogens is 6. The predicted octanol–water partition coefficient (Wildman–Crippen LogP) is 5.36. The van der Waals surface area contributed by atoms with Gasteiger partial charge in [0.2, 0.25) is 0 Å². The standard InChI is InChI=1S/C17H10F6N4S/c1-28-13-6-12(11-7-24-8-25-14(11)17(21,22)23)26-15(27-13)9-2-4-10(5-3-9)16(18,19)20/h2-8H,1H3. The zero-order valence-electron chi connectivity index (χ0n) is 14.0. The zero-order chi connectivity index (χ0) is 20.5. The third kappa shape index (κ3) is 4.24. The topological polar surface area (TPSA) is 51.6 Å².